The van der Waals surface area contributed by atoms with Gasteiger partial charge in [-0.15, -0.1) is 0 Å². The maximum absolute atomic E-state index is 11.5. The van der Waals surface area contributed by atoms with Crippen molar-refractivity contribution in [3.8, 4) is 0 Å². The first kappa shape index (κ1) is 13.7. The summed E-state index contributed by atoms with van der Waals surface area (Å²) in [6, 6.07) is 1.46. The second-order valence-corrected chi connectivity index (χ2v) is 6.69. The van der Waals surface area contributed by atoms with E-state index in [2.05, 4.69) is 10.6 Å². The minimum Gasteiger partial charge on any atom is -0.444 e. The van der Waals surface area contributed by atoms with E-state index in [4.69, 9.17) is 4.74 Å². The molecule has 2 unspecified atom stereocenters. The first-order valence-corrected chi connectivity index (χ1v) is 7.15. The van der Waals surface area contributed by atoms with Crippen LogP contribution < -0.4 is 10.6 Å². The van der Waals surface area contributed by atoms with Gasteiger partial charge in [0.05, 0.1) is 0 Å². The van der Waals surface area contributed by atoms with Crippen LogP contribution in [0.2, 0.25) is 0 Å². The van der Waals surface area contributed by atoms with Crippen molar-refractivity contribution in [2.75, 3.05) is 6.54 Å². The van der Waals surface area contributed by atoms with Crippen LogP contribution in [0.15, 0.2) is 0 Å². The Morgan fingerprint density at radius 3 is 2.44 bits per heavy atom. The van der Waals surface area contributed by atoms with Crippen molar-refractivity contribution < 1.29 is 9.53 Å². The summed E-state index contributed by atoms with van der Waals surface area (Å²) in [5.41, 5.74) is -0.405. The Labute approximate surface area is 110 Å². The number of hydrogen-bond donors (Lipinski definition) is 2. The molecule has 0 aromatic heterocycles. The molecule has 4 heteroatoms. The number of fused-ring (bicyclic) bond motifs is 2. The highest BCUT2D eigenvalue weighted by atomic mass is 16.6. The van der Waals surface area contributed by atoms with Crippen molar-refractivity contribution in [1.82, 2.24) is 10.6 Å². The van der Waals surface area contributed by atoms with Crippen LogP contribution in [0.25, 0.3) is 0 Å². The second-order valence-electron chi connectivity index (χ2n) is 6.69. The lowest BCUT2D eigenvalue weighted by Crippen LogP contribution is -2.39. The standard InChI is InChI=1S/C14H26N2O2/c1-14(2,3)18-13(17)15-7-6-10-8-11-4-5-12(9-10)16-11/h10-12,16H,4-9H2,1-3H3,(H,15,17). The molecular weight excluding hydrogens is 228 g/mol. The van der Waals surface area contributed by atoms with Gasteiger partial charge in [0, 0.05) is 18.6 Å². The SMILES string of the molecule is CC(C)(C)OC(=O)NCCC1CC2CCC(C1)N2. The zero-order chi connectivity index (χ0) is 13.2. The molecule has 104 valence electrons. The summed E-state index contributed by atoms with van der Waals surface area (Å²) >= 11 is 0. The number of ether oxygens (including phenoxy) is 1. The van der Waals surface area contributed by atoms with Gasteiger partial charge in [-0.25, -0.2) is 4.79 Å². The van der Waals surface area contributed by atoms with Crippen molar-refractivity contribution in [2.45, 2.75) is 70.6 Å². The van der Waals surface area contributed by atoms with Crippen molar-refractivity contribution >= 4 is 6.09 Å². The van der Waals surface area contributed by atoms with Crippen LogP contribution in [0.5, 0.6) is 0 Å². The molecule has 0 spiro atoms. The smallest absolute Gasteiger partial charge is 0.407 e. The molecule has 18 heavy (non-hydrogen) atoms. The van der Waals surface area contributed by atoms with E-state index in [1.54, 1.807) is 0 Å². The summed E-state index contributed by atoms with van der Waals surface area (Å²) < 4.78 is 5.22. The maximum Gasteiger partial charge on any atom is 0.407 e. The number of hydrogen-bond acceptors (Lipinski definition) is 3. The third-order valence-corrected chi connectivity index (χ3v) is 3.79. The van der Waals surface area contributed by atoms with Crippen molar-refractivity contribution in [3.63, 3.8) is 0 Å². The van der Waals surface area contributed by atoms with Gasteiger partial charge in [0.25, 0.3) is 0 Å². The van der Waals surface area contributed by atoms with E-state index in [0.29, 0.717) is 0 Å². The van der Waals surface area contributed by atoms with Gasteiger partial charge in [-0.05, 0) is 58.8 Å². The van der Waals surface area contributed by atoms with Crippen LogP contribution >= 0.6 is 0 Å². The Hall–Kier alpha value is -0.770. The third-order valence-electron chi connectivity index (χ3n) is 3.79. The summed E-state index contributed by atoms with van der Waals surface area (Å²) in [6.45, 7) is 6.39. The van der Waals surface area contributed by atoms with Gasteiger partial charge in [0.1, 0.15) is 5.60 Å². The molecule has 0 aromatic carbocycles. The van der Waals surface area contributed by atoms with E-state index in [1.807, 2.05) is 20.8 Å². The van der Waals surface area contributed by atoms with Crippen molar-refractivity contribution in [3.05, 3.63) is 0 Å². The summed E-state index contributed by atoms with van der Waals surface area (Å²) in [4.78, 5) is 11.5. The molecule has 2 fully saturated rings. The molecule has 4 nitrogen and oxygen atoms in total. The van der Waals surface area contributed by atoms with Gasteiger partial charge >= 0.3 is 6.09 Å². The molecule has 0 aromatic rings. The highest BCUT2D eigenvalue weighted by Gasteiger charge is 2.33. The number of carbonyl (C=O) groups excluding carboxylic acids is 1. The maximum atomic E-state index is 11.5. The Morgan fingerprint density at radius 2 is 1.89 bits per heavy atom. The molecule has 2 rings (SSSR count). The zero-order valence-corrected chi connectivity index (χ0v) is 11.8. The molecule has 2 bridgehead atoms. The monoisotopic (exact) mass is 254 g/mol. The van der Waals surface area contributed by atoms with Crippen LogP contribution in [-0.4, -0.2) is 30.3 Å². The average molecular weight is 254 g/mol. The van der Waals surface area contributed by atoms with Crippen LogP contribution in [0.1, 0.15) is 52.9 Å². The van der Waals surface area contributed by atoms with Gasteiger partial charge in [-0.2, -0.15) is 0 Å². The molecule has 2 aliphatic rings. The van der Waals surface area contributed by atoms with Crippen molar-refractivity contribution in [2.24, 2.45) is 5.92 Å². The second kappa shape index (κ2) is 5.47. The van der Waals surface area contributed by atoms with E-state index in [9.17, 15) is 4.79 Å². The lowest BCUT2D eigenvalue weighted by molar-refractivity contribution is 0.0523. The van der Waals surface area contributed by atoms with Crippen LogP contribution in [0, 0.1) is 5.92 Å². The fourth-order valence-electron chi connectivity index (χ4n) is 3.10. The van der Waals surface area contributed by atoms with Crippen LogP contribution in [0.3, 0.4) is 0 Å². The van der Waals surface area contributed by atoms with Gasteiger partial charge in [0.2, 0.25) is 0 Å². The lowest BCUT2D eigenvalue weighted by Gasteiger charge is -2.29. The minimum absolute atomic E-state index is 0.292. The van der Waals surface area contributed by atoms with Gasteiger partial charge in [0.15, 0.2) is 0 Å². The number of nitrogens with one attached hydrogen (secondary N) is 2. The van der Waals surface area contributed by atoms with Crippen molar-refractivity contribution in [1.29, 1.82) is 0 Å². The van der Waals surface area contributed by atoms with Gasteiger partial charge in [-0.3, -0.25) is 0 Å². The molecule has 0 saturated carbocycles. The highest BCUT2D eigenvalue weighted by molar-refractivity contribution is 5.67. The van der Waals surface area contributed by atoms with E-state index in [-0.39, 0.29) is 6.09 Å². The molecule has 1 amide bonds. The summed E-state index contributed by atoms with van der Waals surface area (Å²) in [5.74, 6) is 0.763. The summed E-state index contributed by atoms with van der Waals surface area (Å²) in [6.07, 6.45) is 5.99. The number of amides is 1. The fraction of sp³-hybridized carbons (Fsp3) is 0.929. The molecular formula is C14H26N2O2. The summed E-state index contributed by atoms with van der Waals surface area (Å²) in [7, 11) is 0. The van der Waals surface area contributed by atoms with Crippen LogP contribution in [0.4, 0.5) is 4.79 Å². The average Bonchev–Trinajstić information content (AvgIpc) is 2.55. The number of piperidine rings is 1. The number of rotatable bonds is 3. The third kappa shape index (κ3) is 4.16. The molecule has 2 atom stereocenters. The molecule has 2 heterocycles. The zero-order valence-electron chi connectivity index (χ0n) is 11.8. The van der Waals surface area contributed by atoms with E-state index in [1.165, 1.54) is 25.7 Å². The molecule has 2 aliphatic heterocycles. The Morgan fingerprint density at radius 1 is 1.28 bits per heavy atom. The Bertz CT molecular complexity index is 287. The number of alkyl carbamates (subject to hydrolysis) is 1. The Balaban J connectivity index is 1.62. The largest absolute Gasteiger partial charge is 0.444 e. The number of carbonyl (C=O) groups is 1. The van der Waals surface area contributed by atoms with Gasteiger partial charge < -0.3 is 15.4 Å². The fourth-order valence-corrected chi connectivity index (χ4v) is 3.10. The lowest BCUT2D eigenvalue weighted by atomic mass is 9.90. The quantitative estimate of drug-likeness (QED) is 0.813. The predicted molar refractivity (Wildman–Crippen MR) is 71.5 cm³/mol. The summed E-state index contributed by atoms with van der Waals surface area (Å²) in [5, 5.41) is 6.49. The molecule has 2 saturated heterocycles. The topological polar surface area (TPSA) is 50.4 Å². The molecule has 0 radical (unpaired) electrons. The van der Waals surface area contributed by atoms with E-state index >= 15 is 0 Å². The van der Waals surface area contributed by atoms with E-state index < -0.39 is 5.60 Å². The molecule has 2 N–H and O–H groups in total. The first-order chi connectivity index (χ1) is 8.42. The minimum atomic E-state index is -0.405. The van der Waals surface area contributed by atoms with Gasteiger partial charge in [-0.1, -0.05) is 0 Å². The predicted octanol–water partition coefficient (Wildman–Crippen LogP) is 2.43. The molecule has 0 aliphatic carbocycles. The highest BCUT2D eigenvalue weighted by Crippen LogP contribution is 2.32. The normalized spacial score (nSPS) is 31.2. The Kier molecular flexibility index (Phi) is 4.15. The van der Waals surface area contributed by atoms with Crippen LogP contribution in [-0.2, 0) is 4.74 Å². The van der Waals surface area contributed by atoms with E-state index in [0.717, 1.165) is 31.0 Å². The first-order valence-electron chi connectivity index (χ1n) is 7.15.